The van der Waals surface area contributed by atoms with Crippen molar-refractivity contribution in [1.82, 2.24) is 10.2 Å². The van der Waals surface area contributed by atoms with Gasteiger partial charge < -0.3 is 10.2 Å². The Bertz CT molecular complexity index is 681. The Balaban J connectivity index is 1.09. The monoisotopic (exact) mass is 400 g/mol. The maximum Gasteiger partial charge on any atom is 0.226 e. The molecule has 6 rings (SSSR count). The van der Waals surface area contributed by atoms with Crippen molar-refractivity contribution < 1.29 is 4.79 Å². The Morgan fingerprint density at radius 2 is 1.71 bits per heavy atom. The van der Waals surface area contributed by atoms with Gasteiger partial charge >= 0.3 is 0 Å². The molecule has 0 aromatic heterocycles. The SMILES string of the molecule is O=C(N[C@H]1CCN(CCCc2ccc(Cl)cc2)C1)C12CC3CC(CC(C3)C1)C2. The van der Waals surface area contributed by atoms with E-state index < -0.39 is 0 Å². The fraction of sp³-hybridized carbons (Fsp3) is 0.708. The molecule has 3 nitrogen and oxygen atoms in total. The summed E-state index contributed by atoms with van der Waals surface area (Å²) in [6, 6.07) is 8.56. The number of benzene rings is 1. The third-order valence-electron chi connectivity index (χ3n) is 7.98. The zero-order valence-corrected chi connectivity index (χ0v) is 17.6. The largest absolute Gasteiger partial charge is 0.352 e. The first-order valence-corrected chi connectivity index (χ1v) is 11.7. The molecule has 1 aromatic rings. The Kier molecular flexibility index (Phi) is 5.17. The number of hydrogen-bond acceptors (Lipinski definition) is 2. The first kappa shape index (κ1) is 18.9. The first-order valence-electron chi connectivity index (χ1n) is 11.4. The molecule has 1 aliphatic heterocycles. The van der Waals surface area contributed by atoms with Gasteiger partial charge in [-0.05, 0) is 99.8 Å². The Labute approximate surface area is 174 Å². The van der Waals surface area contributed by atoms with Crippen LogP contribution in [0.1, 0.15) is 56.9 Å². The molecule has 1 amide bonds. The molecule has 0 spiro atoms. The number of carbonyl (C=O) groups is 1. The third kappa shape index (κ3) is 3.85. The third-order valence-corrected chi connectivity index (χ3v) is 8.23. The molecule has 0 unspecified atom stereocenters. The van der Waals surface area contributed by atoms with Gasteiger partial charge in [0.1, 0.15) is 0 Å². The van der Waals surface area contributed by atoms with Crippen LogP contribution in [0, 0.1) is 23.2 Å². The summed E-state index contributed by atoms with van der Waals surface area (Å²) in [5.74, 6) is 2.92. The minimum absolute atomic E-state index is 0.00322. The average Bonchev–Trinajstić information content (AvgIpc) is 3.09. The van der Waals surface area contributed by atoms with Gasteiger partial charge in [-0.15, -0.1) is 0 Å². The molecule has 1 N–H and O–H groups in total. The number of aryl methyl sites for hydroxylation is 1. The van der Waals surface area contributed by atoms with Gasteiger partial charge in [-0.25, -0.2) is 0 Å². The summed E-state index contributed by atoms with van der Waals surface area (Å²) in [5.41, 5.74) is 1.35. The van der Waals surface area contributed by atoms with Crippen LogP contribution >= 0.6 is 11.6 Å². The number of nitrogens with one attached hydrogen (secondary N) is 1. The molecule has 1 heterocycles. The van der Waals surface area contributed by atoms with Crippen molar-refractivity contribution in [1.29, 1.82) is 0 Å². The Morgan fingerprint density at radius 3 is 2.36 bits per heavy atom. The van der Waals surface area contributed by atoms with Crippen LogP contribution in [-0.2, 0) is 11.2 Å². The van der Waals surface area contributed by atoms with E-state index in [0.717, 1.165) is 61.7 Å². The van der Waals surface area contributed by atoms with E-state index in [1.807, 2.05) is 12.1 Å². The number of likely N-dealkylation sites (tertiary alicyclic amines) is 1. The van der Waals surface area contributed by atoms with Crippen LogP contribution in [-0.4, -0.2) is 36.5 Å². The topological polar surface area (TPSA) is 32.3 Å². The molecule has 4 aliphatic carbocycles. The van der Waals surface area contributed by atoms with Crippen LogP contribution in [0.15, 0.2) is 24.3 Å². The summed E-state index contributed by atoms with van der Waals surface area (Å²) in [7, 11) is 0. The van der Waals surface area contributed by atoms with Crippen LogP contribution in [0.3, 0.4) is 0 Å². The second-order valence-electron chi connectivity index (χ2n) is 10.2. The fourth-order valence-electron chi connectivity index (χ4n) is 7.04. The lowest BCUT2D eigenvalue weighted by molar-refractivity contribution is -0.146. The molecular formula is C24H33ClN2O. The highest BCUT2D eigenvalue weighted by atomic mass is 35.5. The molecule has 5 fully saturated rings. The standard InChI is InChI=1S/C24H33ClN2O/c25-21-5-3-17(4-6-21)2-1-8-27-9-7-22(16-27)26-23(28)24-13-18-10-19(14-24)12-20(11-18)15-24/h3-6,18-20,22H,1-2,7-16H2,(H,26,28)/t18?,19?,20?,22-,24?/m0/s1. The second kappa shape index (κ2) is 7.65. The molecule has 1 aromatic carbocycles. The van der Waals surface area contributed by atoms with Crippen molar-refractivity contribution in [2.75, 3.05) is 19.6 Å². The zero-order chi connectivity index (χ0) is 19.1. The molecule has 0 radical (unpaired) electrons. The number of halogens is 1. The Hall–Kier alpha value is -1.06. The van der Waals surface area contributed by atoms with E-state index in [1.165, 1.54) is 44.1 Å². The summed E-state index contributed by atoms with van der Waals surface area (Å²) >= 11 is 5.96. The van der Waals surface area contributed by atoms with Crippen molar-refractivity contribution in [3.05, 3.63) is 34.9 Å². The van der Waals surface area contributed by atoms with Crippen LogP contribution < -0.4 is 5.32 Å². The number of rotatable bonds is 6. The quantitative estimate of drug-likeness (QED) is 0.751. The van der Waals surface area contributed by atoms with Crippen molar-refractivity contribution >= 4 is 17.5 Å². The summed E-state index contributed by atoms with van der Waals surface area (Å²) in [4.78, 5) is 15.8. The Morgan fingerprint density at radius 1 is 1.07 bits per heavy atom. The minimum Gasteiger partial charge on any atom is -0.352 e. The van der Waals surface area contributed by atoms with Crippen molar-refractivity contribution in [2.45, 2.75) is 63.8 Å². The van der Waals surface area contributed by atoms with Gasteiger partial charge in [0.05, 0.1) is 0 Å². The van der Waals surface area contributed by atoms with Gasteiger partial charge in [-0.2, -0.15) is 0 Å². The van der Waals surface area contributed by atoms with Crippen molar-refractivity contribution in [3.8, 4) is 0 Å². The normalized spacial score (nSPS) is 36.8. The van der Waals surface area contributed by atoms with Crippen LogP contribution in [0.4, 0.5) is 0 Å². The molecule has 28 heavy (non-hydrogen) atoms. The number of amides is 1. The van der Waals surface area contributed by atoms with Gasteiger partial charge in [0.25, 0.3) is 0 Å². The first-order chi connectivity index (χ1) is 13.6. The molecule has 1 atom stereocenters. The zero-order valence-electron chi connectivity index (χ0n) is 16.8. The maximum atomic E-state index is 13.2. The summed E-state index contributed by atoms with van der Waals surface area (Å²) < 4.78 is 0. The van der Waals surface area contributed by atoms with E-state index in [0.29, 0.717) is 11.9 Å². The average molecular weight is 401 g/mol. The van der Waals surface area contributed by atoms with Crippen LogP contribution in [0.25, 0.3) is 0 Å². The predicted molar refractivity (Wildman–Crippen MR) is 113 cm³/mol. The number of hydrogen-bond donors (Lipinski definition) is 1. The second-order valence-corrected chi connectivity index (χ2v) is 10.6. The van der Waals surface area contributed by atoms with Crippen LogP contribution in [0.5, 0.6) is 0 Å². The highest BCUT2D eigenvalue weighted by Crippen LogP contribution is 2.60. The van der Waals surface area contributed by atoms with E-state index in [-0.39, 0.29) is 5.41 Å². The van der Waals surface area contributed by atoms with Crippen molar-refractivity contribution in [2.24, 2.45) is 23.2 Å². The lowest BCUT2D eigenvalue weighted by atomic mass is 9.49. The molecular weight excluding hydrogens is 368 g/mol. The lowest BCUT2D eigenvalue weighted by Crippen LogP contribution is -2.55. The summed E-state index contributed by atoms with van der Waals surface area (Å²) in [5, 5.41) is 4.29. The summed E-state index contributed by atoms with van der Waals surface area (Å²) in [6.07, 6.45) is 11.1. The van der Waals surface area contributed by atoms with Crippen LogP contribution in [0.2, 0.25) is 5.02 Å². The highest BCUT2D eigenvalue weighted by molar-refractivity contribution is 6.30. The van der Waals surface area contributed by atoms with E-state index >= 15 is 0 Å². The van der Waals surface area contributed by atoms with E-state index in [4.69, 9.17) is 11.6 Å². The van der Waals surface area contributed by atoms with Gasteiger partial charge in [0, 0.05) is 29.6 Å². The molecule has 5 aliphatic rings. The van der Waals surface area contributed by atoms with E-state index in [1.54, 1.807) is 0 Å². The molecule has 4 saturated carbocycles. The lowest BCUT2D eigenvalue weighted by Gasteiger charge is -2.55. The summed E-state index contributed by atoms with van der Waals surface area (Å²) in [6.45, 7) is 3.26. The predicted octanol–water partition coefficient (Wildman–Crippen LogP) is 4.68. The number of nitrogens with zero attached hydrogens (tertiary/aromatic N) is 1. The van der Waals surface area contributed by atoms with Crippen molar-refractivity contribution in [3.63, 3.8) is 0 Å². The molecule has 1 saturated heterocycles. The van der Waals surface area contributed by atoms with Gasteiger partial charge in [0.15, 0.2) is 0 Å². The highest BCUT2D eigenvalue weighted by Gasteiger charge is 2.54. The van der Waals surface area contributed by atoms with Gasteiger partial charge in [-0.1, -0.05) is 23.7 Å². The smallest absolute Gasteiger partial charge is 0.226 e. The molecule has 4 heteroatoms. The fourth-order valence-corrected chi connectivity index (χ4v) is 7.16. The van der Waals surface area contributed by atoms with E-state index in [2.05, 4.69) is 22.3 Å². The van der Waals surface area contributed by atoms with Gasteiger partial charge in [-0.3, -0.25) is 4.79 Å². The number of carbonyl (C=O) groups excluding carboxylic acids is 1. The molecule has 152 valence electrons. The molecule has 4 bridgehead atoms. The van der Waals surface area contributed by atoms with Gasteiger partial charge in [0.2, 0.25) is 5.91 Å². The van der Waals surface area contributed by atoms with E-state index in [9.17, 15) is 4.79 Å². The maximum absolute atomic E-state index is 13.2. The minimum atomic E-state index is -0.00322.